The Bertz CT molecular complexity index is 740. The third-order valence-corrected chi connectivity index (χ3v) is 4.62. The SMILES string of the molecule is O=C(NC1CCCCCC1)c1ccnc(C(=O)NCc2cccnc2)c1. The number of carbonyl (C=O) groups excluding carboxylic acids is 2. The van der Waals surface area contributed by atoms with Gasteiger partial charge in [-0.2, -0.15) is 0 Å². The van der Waals surface area contributed by atoms with Crippen LogP contribution in [0.1, 0.15) is 64.9 Å². The maximum absolute atomic E-state index is 12.5. The Hall–Kier alpha value is -2.76. The average Bonchev–Trinajstić information content (AvgIpc) is 2.95. The van der Waals surface area contributed by atoms with Gasteiger partial charge in [-0.05, 0) is 36.6 Å². The van der Waals surface area contributed by atoms with Crippen molar-refractivity contribution in [3.63, 3.8) is 0 Å². The summed E-state index contributed by atoms with van der Waals surface area (Å²) in [6.45, 7) is 0.368. The lowest BCUT2D eigenvalue weighted by atomic mass is 10.1. The van der Waals surface area contributed by atoms with Crippen LogP contribution in [0.2, 0.25) is 0 Å². The van der Waals surface area contributed by atoms with Crippen molar-refractivity contribution in [3.8, 4) is 0 Å². The first-order valence-corrected chi connectivity index (χ1v) is 9.16. The van der Waals surface area contributed by atoms with Gasteiger partial charge >= 0.3 is 0 Å². The Labute approximate surface area is 153 Å². The van der Waals surface area contributed by atoms with Crippen molar-refractivity contribution in [1.82, 2.24) is 20.6 Å². The van der Waals surface area contributed by atoms with E-state index in [1.54, 1.807) is 24.5 Å². The average molecular weight is 352 g/mol. The Morgan fingerprint density at radius 3 is 2.58 bits per heavy atom. The minimum absolute atomic E-state index is 0.138. The molecular formula is C20H24N4O2. The van der Waals surface area contributed by atoms with E-state index in [0.717, 1.165) is 31.2 Å². The molecule has 0 unspecified atom stereocenters. The van der Waals surface area contributed by atoms with Crippen molar-refractivity contribution in [1.29, 1.82) is 0 Å². The summed E-state index contributed by atoms with van der Waals surface area (Å²) < 4.78 is 0. The fourth-order valence-electron chi connectivity index (χ4n) is 3.16. The van der Waals surface area contributed by atoms with Crippen molar-refractivity contribution in [2.75, 3.05) is 0 Å². The molecule has 0 aromatic carbocycles. The standard InChI is InChI=1S/C20H24N4O2/c25-19(24-17-7-3-1-2-4-8-17)16-9-11-22-18(12-16)20(26)23-14-15-6-5-10-21-13-15/h5-6,9-13,17H,1-4,7-8,14H2,(H,23,26)(H,24,25). The first-order valence-electron chi connectivity index (χ1n) is 9.16. The summed E-state index contributed by atoms with van der Waals surface area (Å²) in [6, 6.07) is 7.12. The summed E-state index contributed by atoms with van der Waals surface area (Å²) >= 11 is 0. The summed E-state index contributed by atoms with van der Waals surface area (Å²) in [7, 11) is 0. The largest absolute Gasteiger partial charge is 0.349 e. The predicted molar refractivity (Wildman–Crippen MR) is 98.6 cm³/mol. The van der Waals surface area contributed by atoms with Gasteiger partial charge in [-0.15, -0.1) is 0 Å². The van der Waals surface area contributed by atoms with Crippen LogP contribution in [0.15, 0.2) is 42.9 Å². The van der Waals surface area contributed by atoms with Crippen LogP contribution in [0, 0.1) is 0 Å². The zero-order valence-electron chi connectivity index (χ0n) is 14.8. The summed E-state index contributed by atoms with van der Waals surface area (Å²) in [6.07, 6.45) is 11.7. The zero-order chi connectivity index (χ0) is 18.2. The zero-order valence-corrected chi connectivity index (χ0v) is 14.8. The molecule has 1 saturated carbocycles. The lowest BCUT2D eigenvalue weighted by Gasteiger charge is -2.16. The summed E-state index contributed by atoms with van der Waals surface area (Å²) in [4.78, 5) is 32.9. The molecule has 3 rings (SSSR count). The number of hydrogen-bond acceptors (Lipinski definition) is 4. The van der Waals surface area contributed by atoms with Crippen LogP contribution in [-0.2, 0) is 6.54 Å². The van der Waals surface area contributed by atoms with Crippen molar-refractivity contribution >= 4 is 11.8 Å². The Morgan fingerprint density at radius 2 is 1.85 bits per heavy atom. The summed E-state index contributed by atoms with van der Waals surface area (Å²) in [5.41, 5.74) is 1.61. The van der Waals surface area contributed by atoms with Gasteiger partial charge in [0.25, 0.3) is 11.8 Å². The number of aromatic nitrogens is 2. The second-order valence-corrected chi connectivity index (χ2v) is 6.64. The number of pyridine rings is 2. The molecule has 2 aromatic heterocycles. The molecule has 0 radical (unpaired) electrons. The van der Waals surface area contributed by atoms with Gasteiger partial charge in [0.15, 0.2) is 0 Å². The highest BCUT2D eigenvalue weighted by molar-refractivity contribution is 5.98. The van der Waals surface area contributed by atoms with E-state index in [1.165, 1.54) is 19.0 Å². The van der Waals surface area contributed by atoms with Gasteiger partial charge in [0, 0.05) is 36.7 Å². The highest BCUT2D eigenvalue weighted by atomic mass is 16.2. The third kappa shape index (κ3) is 5.12. The molecule has 0 atom stereocenters. The lowest BCUT2D eigenvalue weighted by Crippen LogP contribution is -2.34. The fourth-order valence-corrected chi connectivity index (χ4v) is 3.16. The molecule has 1 aliphatic rings. The molecule has 2 aromatic rings. The number of nitrogens with zero attached hydrogens (tertiary/aromatic N) is 2. The molecule has 0 bridgehead atoms. The molecule has 0 spiro atoms. The maximum atomic E-state index is 12.5. The van der Waals surface area contributed by atoms with Gasteiger partial charge in [-0.3, -0.25) is 19.6 Å². The van der Waals surface area contributed by atoms with Crippen LogP contribution >= 0.6 is 0 Å². The van der Waals surface area contributed by atoms with Crippen LogP contribution in [0.25, 0.3) is 0 Å². The van der Waals surface area contributed by atoms with E-state index in [9.17, 15) is 9.59 Å². The van der Waals surface area contributed by atoms with Gasteiger partial charge in [0.05, 0.1) is 0 Å². The molecule has 6 heteroatoms. The molecule has 2 N–H and O–H groups in total. The van der Waals surface area contributed by atoms with E-state index in [0.29, 0.717) is 12.1 Å². The van der Waals surface area contributed by atoms with Crippen molar-refractivity contribution < 1.29 is 9.59 Å². The van der Waals surface area contributed by atoms with Crippen LogP contribution in [0.4, 0.5) is 0 Å². The highest BCUT2D eigenvalue weighted by Crippen LogP contribution is 2.17. The molecule has 26 heavy (non-hydrogen) atoms. The number of carbonyl (C=O) groups is 2. The normalized spacial score (nSPS) is 15.1. The molecule has 1 fully saturated rings. The summed E-state index contributed by atoms with van der Waals surface area (Å²) in [5, 5.41) is 5.89. The topological polar surface area (TPSA) is 84.0 Å². The lowest BCUT2D eigenvalue weighted by molar-refractivity contribution is 0.0933. The van der Waals surface area contributed by atoms with Crippen LogP contribution in [0.3, 0.4) is 0 Å². The Kier molecular flexibility index (Phi) is 6.30. The van der Waals surface area contributed by atoms with Crippen LogP contribution < -0.4 is 10.6 Å². The molecule has 1 aliphatic carbocycles. The Balaban J connectivity index is 1.59. The smallest absolute Gasteiger partial charge is 0.270 e. The second-order valence-electron chi connectivity index (χ2n) is 6.64. The van der Waals surface area contributed by atoms with E-state index in [2.05, 4.69) is 20.6 Å². The van der Waals surface area contributed by atoms with Gasteiger partial charge in [0.2, 0.25) is 0 Å². The second kappa shape index (κ2) is 9.08. The van der Waals surface area contributed by atoms with Crippen LogP contribution in [0.5, 0.6) is 0 Å². The number of nitrogens with one attached hydrogen (secondary N) is 2. The quantitative estimate of drug-likeness (QED) is 0.811. The number of hydrogen-bond donors (Lipinski definition) is 2. The van der Waals surface area contributed by atoms with E-state index in [4.69, 9.17) is 0 Å². The molecular weight excluding hydrogens is 328 g/mol. The minimum Gasteiger partial charge on any atom is -0.349 e. The van der Waals surface area contributed by atoms with Gasteiger partial charge in [-0.25, -0.2) is 0 Å². The molecule has 2 heterocycles. The number of rotatable bonds is 5. The monoisotopic (exact) mass is 352 g/mol. The van der Waals surface area contributed by atoms with E-state index >= 15 is 0 Å². The molecule has 2 amide bonds. The predicted octanol–water partition coefficient (Wildman–Crippen LogP) is 2.86. The highest BCUT2D eigenvalue weighted by Gasteiger charge is 2.17. The third-order valence-electron chi connectivity index (χ3n) is 4.62. The molecule has 0 aliphatic heterocycles. The Morgan fingerprint density at radius 1 is 1.04 bits per heavy atom. The number of amides is 2. The van der Waals surface area contributed by atoms with E-state index in [1.807, 2.05) is 12.1 Å². The molecule has 0 saturated heterocycles. The van der Waals surface area contributed by atoms with Gasteiger partial charge in [0.1, 0.15) is 5.69 Å². The fraction of sp³-hybridized carbons (Fsp3) is 0.400. The maximum Gasteiger partial charge on any atom is 0.270 e. The minimum atomic E-state index is -0.307. The van der Waals surface area contributed by atoms with Crippen molar-refractivity contribution in [3.05, 3.63) is 59.7 Å². The van der Waals surface area contributed by atoms with Crippen molar-refractivity contribution in [2.45, 2.75) is 51.1 Å². The van der Waals surface area contributed by atoms with Gasteiger partial charge in [-0.1, -0.05) is 31.7 Å². The molecule has 136 valence electrons. The first kappa shape index (κ1) is 18.0. The van der Waals surface area contributed by atoms with Crippen LogP contribution in [-0.4, -0.2) is 27.8 Å². The molecule has 6 nitrogen and oxygen atoms in total. The van der Waals surface area contributed by atoms with Gasteiger partial charge < -0.3 is 10.6 Å². The van der Waals surface area contributed by atoms with Crippen molar-refractivity contribution in [2.24, 2.45) is 0 Å². The first-order chi connectivity index (χ1) is 12.7. The summed E-state index contributed by atoms with van der Waals surface area (Å²) in [5.74, 6) is -0.446. The van der Waals surface area contributed by atoms with E-state index < -0.39 is 0 Å². The van der Waals surface area contributed by atoms with E-state index in [-0.39, 0.29) is 23.6 Å².